The van der Waals surface area contributed by atoms with Crippen molar-refractivity contribution in [2.24, 2.45) is 5.73 Å². The minimum atomic E-state index is -0.263. The van der Waals surface area contributed by atoms with E-state index in [0.717, 1.165) is 39.3 Å². The highest BCUT2D eigenvalue weighted by atomic mass is 35.5. The summed E-state index contributed by atoms with van der Waals surface area (Å²) >= 11 is 10.8. The summed E-state index contributed by atoms with van der Waals surface area (Å²) in [7, 11) is 0. The van der Waals surface area contributed by atoms with Crippen LogP contribution in [0.25, 0.3) is 0 Å². The summed E-state index contributed by atoms with van der Waals surface area (Å²) < 4.78 is 5.32. The Morgan fingerprint density at radius 2 is 2.00 bits per heavy atom. The number of carbonyl (C=O) groups is 1. The predicted molar refractivity (Wildman–Crippen MR) is 94.3 cm³/mol. The van der Waals surface area contributed by atoms with Gasteiger partial charge >= 0.3 is 0 Å². The van der Waals surface area contributed by atoms with Crippen LogP contribution in [0, 0.1) is 0 Å². The minimum absolute atomic E-state index is 0.147. The summed E-state index contributed by atoms with van der Waals surface area (Å²) in [4.78, 5) is 14.5. The summed E-state index contributed by atoms with van der Waals surface area (Å²) in [6.45, 7) is 4.89. The van der Waals surface area contributed by atoms with Crippen molar-refractivity contribution in [3.8, 4) is 0 Å². The van der Waals surface area contributed by atoms with Gasteiger partial charge in [0.05, 0.1) is 13.2 Å². The van der Waals surface area contributed by atoms with Crippen LogP contribution >= 0.6 is 23.8 Å². The number of benzene rings is 1. The zero-order valence-corrected chi connectivity index (χ0v) is 14.4. The number of nitrogens with one attached hydrogen (secondary N) is 1. The Labute approximate surface area is 146 Å². The van der Waals surface area contributed by atoms with E-state index < -0.39 is 0 Å². The zero-order chi connectivity index (χ0) is 16.7. The average molecular weight is 357 g/mol. The summed E-state index contributed by atoms with van der Waals surface area (Å²) in [5, 5.41) is 2.24. The van der Waals surface area contributed by atoms with Gasteiger partial charge in [-0.05, 0) is 42.9 Å². The number of ether oxygens (including phenoxy) is 1. The maximum atomic E-state index is 12.2. The summed E-state index contributed by atoms with van der Waals surface area (Å²) in [6, 6.07) is 6.65. The predicted octanol–water partition coefficient (Wildman–Crippen LogP) is 1.25. The van der Waals surface area contributed by atoms with Gasteiger partial charge in [0, 0.05) is 36.8 Å². The molecule has 1 saturated heterocycles. The van der Waals surface area contributed by atoms with Crippen LogP contribution in [-0.4, -0.2) is 60.3 Å². The number of hydrogen-bond acceptors (Lipinski definition) is 4. The van der Waals surface area contributed by atoms with Crippen LogP contribution in [0.4, 0.5) is 0 Å². The molecule has 0 radical (unpaired) electrons. The number of hydrogen-bond donors (Lipinski definition) is 2. The van der Waals surface area contributed by atoms with E-state index >= 15 is 0 Å². The molecule has 0 saturated carbocycles. The molecule has 0 unspecified atom stereocenters. The van der Waals surface area contributed by atoms with Gasteiger partial charge in [-0.15, -0.1) is 0 Å². The van der Waals surface area contributed by atoms with Crippen molar-refractivity contribution in [1.82, 2.24) is 15.3 Å². The molecule has 0 aromatic heterocycles. The van der Waals surface area contributed by atoms with Gasteiger partial charge < -0.3 is 10.5 Å². The van der Waals surface area contributed by atoms with Crippen molar-refractivity contribution in [1.29, 1.82) is 0 Å². The number of morpholine rings is 1. The lowest BCUT2D eigenvalue weighted by Gasteiger charge is -2.28. The number of hydrazine groups is 1. The van der Waals surface area contributed by atoms with Crippen LogP contribution in [0.15, 0.2) is 24.3 Å². The number of amides is 1. The van der Waals surface area contributed by atoms with E-state index in [1.165, 1.54) is 5.01 Å². The largest absolute Gasteiger partial charge is 0.379 e. The quantitative estimate of drug-likeness (QED) is 0.611. The van der Waals surface area contributed by atoms with Gasteiger partial charge in [-0.1, -0.05) is 11.6 Å². The Kier molecular flexibility index (Phi) is 7.04. The first-order chi connectivity index (χ1) is 11.1. The fourth-order valence-corrected chi connectivity index (χ4v) is 2.55. The molecule has 6 nitrogen and oxygen atoms in total. The monoisotopic (exact) mass is 356 g/mol. The molecule has 1 amide bonds. The molecule has 23 heavy (non-hydrogen) atoms. The van der Waals surface area contributed by atoms with Crippen molar-refractivity contribution in [3.05, 3.63) is 34.9 Å². The van der Waals surface area contributed by atoms with E-state index in [-0.39, 0.29) is 11.0 Å². The van der Waals surface area contributed by atoms with Crippen molar-refractivity contribution in [2.45, 2.75) is 6.42 Å². The number of halogens is 1. The van der Waals surface area contributed by atoms with Crippen molar-refractivity contribution < 1.29 is 9.53 Å². The SMILES string of the molecule is NC(=S)N(CCCN1CCOCC1)NC(=O)c1ccc(Cl)cc1. The molecule has 1 aliphatic heterocycles. The third-order valence-electron chi connectivity index (χ3n) is 3.57. The zero-order valence-electron chi connectivity index (χ0n) is 12.8. The first kappa shape index (κ1) is 17.9. The highest BCUT2D eigenvalue weighted by Gasteiger charge is 2.14. The van der Waals surface area contributed by atoms with Gasteiger partial charge in [-0.25, -0.2) is 0 Å². The van der Waals surface area contributed by atoms with E-state index in [1.54, 1.807) is 24.3 Å². The molecule has 1 aromatic rings. The smallest absolute Gasteiger partial charge is 0.269 e. The van der Waals surface area contributed by atoms with Crippen LogP contribution in [0.3, 0.4) is 0 Å². The molecule has 0 bridgehead atoms. The molecule has 8 heteroatoms. The molecule has 1 aromatic carbocycles. The van der Waals surface area contributed by atoms with E-state index in [9.17, 15) is 4.79 Å². The molecule has 0 aliphatic carbocycles. The molecular weight excluding hydrogens is 336 g/mol. The number of rotatable bonds is 5. The maximum absolute atomic E-state index is 12.2. The summed E-state index contributed by atoms with van der Waals surface area (Å²) in [5.74, 6) is -0.263. The van der Waals surface area contributed by atoms with Crippen LogP contribution in [0.2, 0.25) is 5.02 Å². The molecule has 1 fully saturated rings. The van der Waals surface area contributed by atoms with Crippen LogP contribution in [-0.2, 0) is 4.74 Å². The molecular formula is C15H21ClN4O2S. The Bertz CT molecular complexity index is 535. The van der Waals surface area contributed by atoms with E-state index in [0.29, 0.717) is 17.1 Å². The molecule has 1 aliphatic rings. The highest BCUT2D eigenvalue weighted by Crippen LogP contribution is 2.09. The Hall–Kier alpha value is -1.41. The lowest BCUT2D eigenvalue weighted by Crippen LogP contribution is -2.49. The van der Waals surface area contributed by atoms with E-state index in [1.807, 2.05) is 0 Å². The second-order valence-electron chi connectivity index (χ2n) is 5.25. The molecule has 0 atom stereocenters. The second-order valence-corrected chi connectivity index (χ2v) is 6.10. The number of nitrogens with zero attached hydrogens (tertiary/aromatic N) is 2. The van der Waals surface area contributed by atoms with Gasteiger partial charge in [0.2, 0.25) is 0 Å². The Morgan fingerprint density at radius 1 is 1.35 bits per heavy atom. The summed E-state index contributed by atoms with van der Waals surface area (Å²) in [5.41, 5.74) is 8.93. The molecule has 1 heterocycles. The number of nitrogens with two attached hydrogens (primary N) is 1. The fourth-order valence-electron chi connectivity index (χ4n) is 2.29. The van der Waals surface area contributed by atoms with Gasteiger partial charge in [0.15, 0.2) is 5.11 Å². The lowest BCUT2D eigenvalue weighted by atomic mass is 10.2. The minimum Gasteiger partial charge on any atom is -0.379 e. The van der Waals surface area contributed by atoms with E-state index in [4.69, 9.17) is 34.3 Å². The first-order valence-electron chi connectivity index (χ1n) is 7.50. The molecule has 2 rings (SSSR count). The van der Waals surface area contributed by atoms with E-state index in [2.05, 4.69) is 10.3 Å². The summed E-state index contributed by atoms with van der Waals surface area (Å²) in [6.07, 6.45) is 0.845. The van der Waals surface area contributed by atoms with Crippen molar-refractivity contribution in [2.75, 3.05) is 39.4 Å². The van der Waals surface area contributed by atoms with Crippen LogP contribution in [0.5, 0.6) is 0 Å². The first-order valence-corrected chi connectivity index (χ1v) is 8.28. The van der Waals surface area contributed by atoms with Gasteiger partial charge in [-0.2, -0.15) is 0 Å². The number of thiocarbonyl (C=S) groups is 1. The topological polar surface area (TPSA) is 70.8 Å². The molecule has 3 N–H and O–H groups in total. The highest BCUT2D eigenvalue weighted by molar-refractivity contribution is 7.80. The maximum Gasteiger partial charge on any atom is 0.269 e. The lowest BCUT2D eigenvalue weighted by molar-refractivity contribution is 0.0364. The van der Waals surface area contributed by atoms with Gasteiger partial charge in [-0.3, -0.25) is 20.1 Å². The Morgan fingerprint density at radius 3 is 2.61 bits per heavy atom. The van der Waals surface area contributed by atoms with Gasteiger partial charge in [0.25, 0.3) is 5.91 Å². The number of carbonyl (C=O) groups excluding carboxylic acids is 1. The standard InChI is InChI=1S/C15H21ClN4O2S/c16-13-4-2-12(3-5-13)14(21)18-20(15(17)23)7-1-6-19-8-10-22-11-9-19/h2-5H,1,6-11H2,(H2,17,23)(H,18,21). The third-order valence-corrected chi connectivity index (χ3v) is 4.04. The molecule has 126 valence electrons. The molecule has 0 spiro atoms. The second kappa shape index (κ2) is 9.02. The van der Waals surface area contributed by atoms with Crippen LogP contribution < -0.4 is 11.2 Å². The van der Waals surface area contributed by atoms with Crippen LogP contribution in [0.1, 0.15) is 16.8 Å². The third kappa shape index (κ3) is 5.95. The van der Waals surface area contributed by atoms with Gasteiger partial charge in [0.1, 0.15) is 0 Å². The normalized spacial score (nSPS) is 15.2. The van der Waals surface area contributed by atoms with Crippen molar-refractivity contribution in [3.63, 3.8) is 0 Å². The average Bonchev–Trinajstić information content (AvgIpc) is 2.55. The Balaban J connectivity index is 1.81. The van der Waals surface area contributed by atoms with Crippen molar-refractivity contribution >= 4 is 34.8 Å². The fraction of sp³-hybridized carbons (Fsp3) is 0.467.